The lowest BCUT2D eigenvalue weighted by molar-refractivity contribution is 0.541. The topological polar surface area (TPSA) is 0 Å². The van der Waals surface area contributed by atoms with E-state index in [2.05, 4.69) is 104 Å². The summed E-state index contributed by atoms with van der Waals surface area (Å²) in [6, 6.07) is 0. The van der Waals surface area contributed by atoms with Crippen molar-refractivity contribution in [2.75, 3.05) is 0 Å². The summed E-state index contributed by atoms with van der Waals surface area (Å²) in [4.78, 5) is 0. The summed E-state index contributed by atoms with van der Waals surface area (Å²) in [7, 11) is -4.56. The van der Waals surface area contributed by atoms with Gasteiger partial charge in [-0.15, -0.1) is 7.68 Å². The fraction of sp³-hybridized carbons (Fsp3) is 1.00. The molecule has 0 saturated heterocycles. The zero-order valence-corrected chi connectivity index (χ0v) is 22.4. The molecule has 0 radical (unpaired) electrons. The molecule has 0 nitrogen and oxygen atoms in total. The van der Waals surface area contributed by atoms with Crippen LogP contribution >= 0.6 is 7.68 Å². The van der Waals surface area contributed by atoms with E-state index in [1.54, 1.807) is 0 Å². The van der Waals surface area contributed by atoms with Gasteiger partial charge in [-0.2, -0.15) is 0 Å². The van der Waals surface area contributed by atoms with Gasteiger partial charge in [0.15, 0.2) is 0 Å². The van der Waals surface area contributed by atoms with Gasteiger partial charge in [0.1, 0.15) is 0 Å². The number of hydrogen-bond donors (Lipinski definition) is 0. The van der Waals surface area contributed by atoms with Gasteiger partial charge in [0, 0.05) is 0 Å². The summed E-state index contributed by atoms with van der Waals surface area (Å²) >= 11 is 0. The minimum absolute atomic E-state index is 0.169. The van der Waals surface area contributed by atoms with Crippen LogP contribution in [0.15, 0.2) is 0 Å². The Kier molecular flexibility index (Phi) is 6.66. The smallest absolute Gasteiger partial charge is 0.275 e. The van der Waals surface area contributed by atoms with Crippen LogP contribution in [-0.2, 0) is 0 Å². The molecule has 0 spiro atoms. The molecule has 0 aliphatic rings. The molecule has 0 aliphatic heterocycles. The van der Waals surface area contributed by atoms with Crippen LogP contribution < -0.4 is 0 Å². The minimum Gasteiger partial charge on any atom is -0.307 e. The Bertz CT molecular complexity index is 387. The van der Waals surface area contributed by atoms with Gasteiger partial charge in [0.2, 0.25) is 0 Å². The predicted octanol–water partition coefficient (Wildman–Crippen LogP) is 9.02. The van der Waals surface area contributed by atoms with E-state index in [1.807, 2.05) is 0 Å². The Hall–Kier alpha value is 0.794. The average Bonchev–Trinajstić information content (AvgIpc) is 2.15. The van der Waals surface area contributed by atoms with Crippen LogP contribution in [0.4, 0.5) is 4.11 Å². The van der Waals surface area contributed by atoms with Gasteiger partial charge in [-0.1, -0.05) is 104 Å². The van der Waals surface area contributed by atoms with Gasteiger partial charge < -0.3 is 4.11 Å². The lowest BCUT2D eigenvalue weighted by Crippen LogP contribution is -2.60. The first-order valence-electron chi connectivity index (χ1n) is 9.44. The molecule has 0 rings (SSSR count). The van der Waals surface area contributed by atoms with Gasteiger partial charge in [0.05, 0.1) is 7.74 Å². The Morgan fingerprint density at radius 1 is 0.458 bits per heavy atom. The zero-order chi connectivity index (χ0) is 20.2. The first-order chi connectivity index (χ1) is 9.96. The van der Waals surface area contributed by atoms with Crippen molar-refractivity contribution in [1.82, 2.24) is 0 Å². The lowest BCUT2D eigenvalue weighted by atomic mass is 10.2. The Balaban J connectivity index is 6.84. The molecule has 0 aromatic rings. The normalized spacial score (nSPS) is 17.0. The van der Waals surface area contributed by atoms with Crippen molar-refractivity contribution in [2.24, 2.45) is 0 Å². The summed E-state index contributed by atoms with van der Waals surface area (Å²) in [5.74, 6) is 0. The summed E-state index contributed by atoms with van der Waals surface area (Å²) in [5.41, 5.74) is 0. The molecule has 0 fully saturated rings. The van der Waals surface area contributed by atoms with Gasteiger partial charge in [-0.25, -0.2) is 0 Å². The molecule has 1 atom stereocenters. The average molecular weight is 393 g/mol. The van der Waals surface area contributed by atoms with E-state index in [0.29, 0.717) is 7.68 Å². The number of rotatable bonds is 2. The molecule has 0 bridgehead atoms. The van der Waals surface area contributed by atoms with Crippen molar-refractivity contribution in [3.8, 4) is 0 Å². The Morgan fingerprint density at radius 3 is 0.792 bits per heavy atom. The molecular weight excluding hydrogens is 346 g/mol. The highest BCUT2D eigenvalue weighted by Gasteiger charge is 2.67. The van der Waals surface area contributed by atoms with E-state index in [1.165, 1.54) is 0 Å². The molecule has 0 heterocycles. The molecule has 1 unspecified atom stereocenters. The number of hydrogen-bond acceptors (Lipinski definition) is 0. The Morgan fingerprint density at radius 2 is 0.667 bits per heavy atom. The molecule has 0 saturated carbocycles. The highest BCUT2D eigenvalue weighted by molar-refractivity contribution is 8.08. The van der Waals surface area contributed by atoms with E-state index in [9.17, 15) is 0 Å². The molecule has 146 valence electrons. The van der Waals surface area contributed by atoms with E-state index in [-0.39, 0.29) is 25.2 Å². The van der Waals surface area contributed by atoms with Crippen molar-refractivity contribution in [3.63, 3.8) is 0 Å². The second-order valence-corrected chi connectivity index (χ2v) is 30.7. The molecule has 0 amide bonds. The number of halogens is 1. The monoisotopic (exact) mass is 392 g/mol. The van der Waals surface area contributed by atoms with Crippen molar-refractivity contribution in [3.05, 3.63) is 0 Å². The van der Waals surface area contributed by atoms with E-state index in [4.69, 9.17) is 0 Å². The van der Waals surface area contributed by atoms with Gasteiger partial charge >= 0.3 is 0 Å². The van der Waals surface area contributed by atoms with Crippen molar-refractivity contribution in [1.29, 1.82) is 0 Å². The third-order valence-electron chi connectivity index (χ3n) is 5.80. The maximum atomic E-state index is 17.1. The van der Waals surface area contributed by atoms with Crippen molar-refractivity contribution >= 4 is 23.5 Å². The quantitative estimate of drug-likeness (QED) is 0.250. The third kappa shape index (κ3) is 4.04. The summed E-state index contributed by atoms with van der Waals surface area (Å²) in [6.45, 7) is 34.5. The van der Waals surface area contributed by atoms with Crippen LogP contribution in [0.5, 0.6) is 0 Å². The third-order valence-corrected chi connectivity index (χ3v) is 37.3. The predicted molar refractivity (Wildman–Crippen MR) is 120 cm³/mol. The first-order valence-corrected chi connectivity index (χ1v) is 16.3. The largest absolute Gasteiger partial charge is 0.307 e. The summed E-state index contributed by atoms with van der Waals surface area (Å²) < 4.78 is 17.1. The lowest BCUT2D eigenvalue weighted by Gasteiger charge is -2.63. The fourth-order valence-electron chi connectivity index (χ4n) is 5.70. The highest BCUT2D eigenvalue weighted by Crippen LogP contribution is 2.76. The standard InChI is InChI=1S/C20H46FPSi2/c1-16(2,3)23(17(4,5)6,18(7,8)9)22-24(21,19(10,11)12)20(13,14)15/h22H,1-15H3. The van der Waals surface area contributed by atoms with E-state index < -0.39 is 15.8 Å². The molecule has 0 aliphatic carbocycles. The maximum Gasteiger partial charge on any atom is 0.275 e. The molecule has 24 heavy (non-hydrogen) atoms. The van der Waals surface area contributed by atoms with Gasteiger partial charge in [-0.05, 0) is 25.2 Å². The van der Waals surface area contributed by atoms with Crippen molar-refractivity contribution < 1.29 is 4.11 Å². The Labute approximate surface area is 156 Å². The molecule has 0 aromatic carbocycles. The fourth-order valence-corrected chi connectivity index (χ4v) is 45.8. The van der Waals surface area contributed by atoms with Crippen LogP contribution in [-0.4, -0.2) is 15.8 Å². The zero-order valence-electron chi connectivity index (χ0n) is 19.4. The molecule has 0 N–H and O–H groups in total. The van der Waals surface area contributed by atoms with Gasteiger partial charge in [-0.3, -0.25) is 0 Å². The molecule has 4 heteroatoms. The van der Waals surface area contributed by atoms with Crippen LogP contribution in [0.1, 0.15) is 104 Å². The first kappa shape index (κ1) is 24.8. The second-order valence-electron chi connectivity index (χ2n) is 12.8. The van der Waals surface area contributed by atoms with Crippen molar-refractivity contribution in [2.45, 2.75) is 129 Å². The van der Waals surface area contributed by atoms with Crippen LogP contribution in [0, 0.1) is 0 Å². The molecular formula is C20H46FPSi2. The van der Waals surface area contributed by atoms with Gasteiger partial charge in [0.25, 0.3) is 8.08 Å². The molecule has 0 aromatic heterocycles. The summed E-state index contributed by atoms with van der Waals surface area (Å²) in [5, 5.41) is 0.0434. The minimum atomic E-state index is -3.03. The van der Waals surface area contributed by atoms with Crippen LogP contribution in [0.25, 0.3) is 0 Å². The van der Waals surface area contributed by atoms with E-state index in [0.717, 1.165) is 0 Å². The van der Waals surface area contributed by atoms with Crippen LogP contribution in [0.3, 0.4) is 0 Å². The summed E-state index contributed by atoms with van der Waals surface area (Å²) in [6.07, 6.45) is 0. The van der Waals surface area contributed by atoms with E-state index >= 15 is 4.11 Å². The highest BCUT2D eigenvalue weighted by atomic mass is 31.6. The van der Waals surface area contributed by atoms with Crippen LogP contribution in [0.2, 0.25) is 25.2 Å². The maximum absolute atomic E-state index is 17.1. The SMILES string of the molecule is CC(C)(C)[Si](F)(P[Si](C(C)(C)C)(C(C)(C)C)C(C)(C)C)C(C)(C)C. The second kappa shape index (κ2) is 6.45.